The maximum absolute atomic E-state index is 5.37. The molecule has 0 radical (unpaired) electrons. The molecule has 0 aromatic heterocycles. The number of allylic oxidation sites excluding steroid dienone is 4. The Morgan fingerprint density at radius 2 is 2.06 bits per heavy atom. The SMILES string of the molecule is C=CC=CC=C1CNc2ccccc2C(=S)N1. The molecule has 1 aromatic rings. The number of hydrogen-bond acceptors (Lipinski definition) is 2. The molecule has 0 saturated heterocycles. The normalized spacial score (nSPS) is 17.2. The maximum atomic E-state index is 5.37. The van der Waals surface area contributed by atoms with Gasteiger partial charge in [-0.2, -0.15) is 0 Å². The first kappa shape index (κ1) is 11.6. The standard InChI is InChI=1S/C14H14N2S/c1-2-3-4-7-11-10-15-13-9-6-5-8-12(13)14(17)16-11/h2-9,15H,1,10H2,(H,16,17). The van der Waals surface area contributed by atoms with E-state index in [4.69, 9.17) is 12.2 Å². The zero-order valence-corrected chi connectivity index (χ0v) is 10.3. The molecule has 1 heterocycles. The highest BCUT2D eigenvalue weighted by Gasteiger charge is 2.12. The minimum absolute atomic E-state index is 0.735. The van der Waals surface area contributed by atoms with E-state index in [2.05, 4.69) is 17.2 Å². The van der Waals surface area contributed by atoms with Gasteiger partial charge in [-0.3, -0.25) is 0 Å². The van der Waals surface area contributed by atoms with E-state index in [0.29, 0.717) is 0 Å². The quantitative estimate of drug-likeness (QED) is 0.616. The zero-order valence-electron chi connectivity index (χ0n) is 9.44. The van der Waals surface area contributed by atoms with Crippen molar-refractivity contribution in [2.45, 2.75) is 0 Å². The molecule has 1 aliphatic heterocycles. The fourth-order valence-electron chi connectivity index (χ4n) is 1.63. The Labute approximate surface area is 107 Å². The first-order valence-corrected chi connectivity index (χ1v) is 5.84. The van der Waals surface area contributed by atoms with Gasteiger partial charge in [0.2, 0.25) is 0 Å². The highest BCUT2D eigenvalue weighted by Crippen LogP contribution is 2.18. The number of para-hydroxylation sites is 1. The van der Waals surface area contributed by atoms with Gasteiger partial charge in [-0.15, -0.1) is 0 Å². The van der Waals surface area contributed by atoms with Crippen molar-refractivity contribution in [3.05, 3.63) is 66.4 Å². The van der Waals surface area contributed by atoms with Crippen molar-refractivity contribution in [1.82, 2.24) is 5.32 Å². The average Bonchev–Trinajstić information content (AvgIpc) is 2.50. The molecule has 0 fully saturated rings. The predicted molar refractivity (Wildman–Crippen MR) is 77.2 cm³/mol. The largest absolute Gasteiger partial charge is 0.379 e. The van der Waals surface area contributed by atoms with Gasteiger partial charge < -0.3 is 10.6 Å². The summed E-state index contributed by atoms with van der Waals surface area (Å²) in [4.78, 5) is 0.754. The summed E-state index contributed by atoms with van der Waals surface area (Å²) < 4.78 is 0. The smallest absolute Gasteiger partial charge is 0.112 e. The van der Waals surface area contributed by atoms with E-state index in [1.54, 1.807) is 6.08 Å². The third kappa shape index (κ3) is 2.82. The second-order valence-electron chi connectivity index (χ2n) is 3.67. The van der Waals surface area contributed by atoms with E-state index in [9.17, 15) is 0 Å². The summed E-state index contributed by atoms with van der Waals surface area (Å²) >= 11 is 5.37. The van der Waals surface area contributed by atoms with E-state index < -0.39 is 0 Å². The first-order valence-electron chi connectivity index (χ1n) is 5.44. The van der Waals surface area contributed by atoms with Gasteiger partial charge in [-0.05, 0) is 18.2 Å². The minimum atomic E-state index is 0.735. The van der Waals surface area contributed by atoms with Crippen molar-refractivity contribution in [2.24, 2.45) is 0 Å². The average molecular weight is 242 g/mol. The van der Waals surface area contributed by atoms with Crippen LogP contribution in [0.4, 0.5) is 5.69 Å². The minimum Gasteiger partial charge on any atom is -0.379 e. The van der Waals surface area contributed by atoms with Gasteiger partial charge in [-0.25, -0.2) is 0 Å². The summed E-state index contributed by atoms with van der Waals surface area (Å²) in [7, 11) is 0. The Hall–Kier alpha value is -1.87. The van der Waals surface area contributed by atoms with Crippen LogP contribution in [0.1, 0.15) is 5.56 Å². The lowest BCUT2D eigenvalue weighted by Gasteiger charge is -2.05. The molecule has 2 N–H and O–H groups in total. The highest BCUT2D eigenvalue weighted by molar-refractivity contribution is 7.80. The van der Waals surface area contributed by atoms with Crippen molar-refractivity contribution in [2.75, 3.05) is 11.9 Å². The third-order valence-electron chi connectivity index (χ3n) is 2.46. The van der Waals surface area contributed by atoms with E-state index in [1.807, 2.05) is 42.5 Å². The molecule has 0 bridgehead atoms. The lowest BCUT2D eigenvalue weighted by molar-refractivity contribution is 1.08. The lowest BCUT2D eigenvalue weighted by atomic mass is 10.2. The van der Waals surface area contributed by atoms with Gasteiger partial charge >= 0.3 is 0 Å². The summed E-state index contributed by atoms with van der Waals surface area (Å²) in [6.07, 6.45) is 7.56. The molecule has 2 nitrogen and oxygen atoms in total. The molecule has 17 heavy (non-hydrogen) atoms. The van der Waals surface area contributed by atoms with Gasteiger partial charge in [0, 0.05) is 16.9 Å². The van der Waals surface area contributed by atoms with Gasteiger partial charge in [0.15, 0.2) is 0 Å². The van der Waals surface area contributed by atoms with Crippen LogP contribution in [0.3, 0.4) is 0 Å². The van der Waals surface area contributed by atoms with Gasteiger partial charge in [0.05, 0.1) is 6.54 Å². The molecule has 1 aliphatic rings. The van der Waals surface area contributed by atoms with E-state index in [-0.39, 0.29) is 0 Å². The molecule has 0 saturated carbocycles. The van der Waals surface area contributed by atoms with Crippen molar-refractivity contribution < 1.29 is 0 Å². The maximum Gasteiger partial charge on any atom is 0.112 e. The van der Waals surface area contributed by atoms with Crippen LogP contribution in [0, 0.1) is 0 Å². The number of thiocarbonyl (C=S) groups is 1. The van der Waals surface area contributed by atoms with Crippen LogP contribution in [0.15, 0.2) is 60.8 Å². The molecule has 0 aliphatic carbocycles. The molecule has 3 heteroatoms. The van der Waals surface area contributed by atoms with Crippen molar-refractivity contribution in [1.29, 1.82) is 0 Å². The number of nitrogens with one attached hydrogen (secondary N) is 2. The molecule has 1 aromatic carbocycles. The fourth-order valence-corrected chi connectivity index (χ4v) is 1.94. The van der Waals surface area contributed by atoms with Gasteiger partial charge in [0.25, 0.3) is 0 Å². The Morgan fingerprint density at radius 3 is 2.88 bits per heavy atom. The van der Waals surface area contributed by atoms with Gasteiger partial charge in [-0.1, -0.05) is 49.2 Å². The topological polar surface area (TPSA) is 24.1 Å². The number of fused-ring (bicyclic) bond motifs is 1. The molecule has 0 amide bonds. The van der Waals surface area contributed by atoms with Crippen LogP contribution < -0.4 is 10.6 Å². The van der Waals surface area contributed by atoms with Crippen LogP contribution in [-0.4, -0.2) is 11.5 Å². The highest BCUT2D eigenvalue weighted by atomic mass is 32.1. The molecular formula is C14H14N2S. The van der Waals surface area contributed by atoms with Crippen LogP contribution in [0.5, 0.6) is 0 Å². The van der Waals surface area contributed by atoms with Gasteiger partial charge in [0.1, 0.15) is 4.99 Å². The number of anilines is 1. The monoisotopic (exact) mass is 242 g/mol. The third-order valence-corrected chi connectivity index (χ3v) is 2.78. The van der Waals surface area contributed by atoms with E-state index in [0.717, 1.165) is 28.5 Å². The summed E-state index contributed by atoms with van der Waals surface area (Å²) in [6.45, 7) is 4.37. The van der Waals surface area contributed by atoms with Crippen LogP contribution >= 0.6 is 12.2 Å². The summed E-state index contributed by atoms with van der Waals surface area (Å²) in [5.41, 5.74) is 3.16. The Bertz CT molecular complexity index is 501. The molecule has 2 rings (SSSR count). The molecule has 0 atom stereocenters. The summed E-state index contributed by atoms with van der Waals surface area (Å²) in [5.74, 6) is 0. The van der Waals surface area contributed by atoms with Crippen LogP contribution in [-0.2, 0) is 0 Å². The molecule has 0 unspecified atom stereocenters. The van der Waals surface area contributed by atoms with E-state index in [1.165, 1.54) is 0 Å². The Kier molecular flexibility index (Phi) is 3.73. The summed E-state index contributed by atoms with van der Waals surface area (Å²) in [5, 5.41) is 6.59. The second kappa shape index (κ2) is 5.46. The molecular weight excluding hydrogens is 228 g/mol. The fraction of sp³-hybridized carbons (Fsp3) is 0.0714. The number of hydrogen-bond donors (Lipinski definition) is 2. The first-order chi connectivity index (χ1) is 8.31. The predicted octanol–water partition coefficient (Wildman–Crippen LogP) is 3.00. The second-order valence-corrected chi connectivity index (χ2v) is 4.07. The van der Waals surface area contributed by atoms with Crippen molar-refractivity contribution in [3.63, 3.8) is 0 Å². The number of benzene rings is 1. The Balaban J connectivity index is 2.23. The van der Waals surface area contributed by atoms with Crippen molar-refractivity contribution in [3.8, 4) is 0 Å². The summed E-state index contributed by atoms with van der Waals surface area (Å²) in [6, 6.07) is 8.04. The Morgan fingerprint density at radius 1 is 1.24 bits per heavy atom. The molecule has 86 valence electrons. The zero-order chi connectivity index (χ0) is 12.1. The van der Waals surface area contributed by atoms with Crippen LogP contribution in [0.2, 0.25) is 0 Å². The van der Waals surface area contributed by atoms with E-state index >= 15 is 0 Å². The lowest BCUT2D eigenvalue weighted by Crippen LogP contribution is -2.21. The molecule has 0 spiro atoms. The number of rotatable bonds is 2. The van der Waals surface area contributed by atoms with Crippen molar-refractivity contribution >= 4 is 22.9 Å². The van der Waals surface area contributed by atoms with Crippen LogP contribution in [0.25, 0.3) is 0 Å².